The van der Waals surface area contributed by atoms with Crippen molar-refractivity contribution in [1.82, 2.24) is 15.0 Å². The van der Waals surface area contributed by atoms with Crippen molar-refractivity contribution < 1.29 is 9.90 Å². The van der Waals surface area contributed by atoms with Crippen LogP contribution in [0.1, 0.15) is 16.2 Å². The van der Waals surface area contributed by atoms with Crippen LogP contribution in [0.2, 0.25) is 0 Å². The molecule has 2 aromatic heterocycles. The van der Waals surface area contributed by atoms with E-state index in [0.29, 0.717) is 17.2 Å². The van der Waals surface area contributed by atoms with Crippen molar-refractivity contribution >= 4 is 5.97 Å². The van der Waals surface area contributed by atoms with E-state index in [1.54, 1.807) is 19.2 Å². The van der Waals surface area contributed by atoms with Crippen molar-refractivity contribution in [3.63, 3.8) is 0 Å². The Hall–Kier alpha value is -2.30. The maximum absolute atomic E-state index is 10.8. The predicted octanol–water partition coefficient (Wildman–Crippen LogP) is 1.55. The number of aryl methyl sites for hydroxylation is 1. The lowest BCUT2D eigenvalue weighted by Crippen LogP contribution is -1.98. The Kier molecular flexibility index (Phi) is 2.59. The molecule has 16 heavy (non-hydrogen) atoms. The monoisotopic (exact) mass is 215 g/mol. The Bertz CT molecular complexity index is 540. The number of rotatable bonds is 2. The summed E-state index contributed by atoms with van der Waals surface area (Å²) in [5.41, 5.74) is 1.35. The first-order chi connectivity index (χ1) is 7.66. The highest BCUT2D eigenvalue weighted by Gasteiger charge is 2.06. The molecule has 2 rings (SSSR count). The van der Waals surface area contributed by atoms with E-state index in [9.17, 15) is 4.79 Å². The van der Waals surface area contributed by atoms with Gasteiger partial charge in [-0.25, -0.2) is 14.8 Å². The van der Waals surface area contributed by atoms with Crippen LogP contribution >= 0.6 is 0 Å². The van der Waals surface area contributed by atoms with E-state index < -0.39 is 5.97 Å². The minimum absolute atomic E-state index is 0.196. The number of hydrogen-bond acceptors (Lipinski definition) is 4. The van der Waals surface area contributed by atoms with Crippen molar-refractivity contribution in [2.24, 2.45) is 0 Å². The molecule has 5 nitrogen and oxygen atoms in total. The quantitative estimate of drug-likeness (QED) is 0.822. The van der Waals surface area contributed by atoms with Gasteiger partial charge in [0.05, 0.1) is 17.0 Å². The van der Waals surface area contributed by atoms with Crippen LogP contribution in [0.3, 0.4) is 0 Å². The van der Waals surface area contributed by atoms with Gasteiger partial charge in [-0.05, 0) is 25.1 Å². The maximum Gasteiger partial charge on any atom is 0.335 e. The number of carboxylic acids is 1. The molecule has 80 valence electrons. The zero-order chi connectivity index (χ0) is 11.5. The summed E-state index contributed by atoms with van der Waals surface area (Å²) in [6, 6.07) is 4.63. The number of aromatic nitrogens is 3. The van der Waals surface area contributed by atoms with Crippen LogP contribution in [-0.4, -0.2) is 26.0 Å². The molecule has 0 aliphatic rings. The molecule has 0 fully saturated rings. The fraction of sp³-hybridized carbons (Fsp3) is 0.0909. The molecule has 1 N–H and O–H groups in total. The summed E-state index contributed by atoms with van der Waals surface area (Å²) in [6.07, 6.45) is 3.07. The molecular formula is C11H9N3O2. The topological polar surface area (TPSA) is 76.0 Å². The minimum atomic E-state index is -0.977. The van der Waals surface area contributed by atoms with Gasteiger partial charge >= 0.3 is 5.97 Å². The first kappa shape index (κ1) is 10.2. The molecule has 0 radical (unpaired) electrons. The molecule has 0 amide bonds. The third-order valence-electron chi connectivity index (χ3n) is 2.05. The van der Waals surface area contributed by atoms with Gasteiger partial charge < -0.3 is 5.11 Å². The summed E-state index contributed by atoms with van der Waals surface area (Å²) in [5, 5.41) is 8.85. The van der Waals surface area contributed by atoms with Crippen LogP contribution in [0.5, 0.6) is 0 Å². The summed E-state index contributed by atoms with van der Waals surface area (Å²) in [7, 11) is 0. The van der Waals surface area contributed by atoms with Crippen LogP contribution < -0.4 is 0 Å². The van der Waals surface area contributed by atoms with Gasteiger partial charge in [-0.15, -0.1) is 0 Å². The maximum atomic E-state index is 10.8. The van der Waals surface area contributed by atoms with Crippen LogP contribution in [0.25, 0.3) is 11.4 Å². The van der Waals surface area contributed by atoms with Gasteiger partial charge in [-0.1, -0.05) is 0 Å². The molecule has 0 saturated heterocycles. The molecule has 0 aliphatic carbocycles. The molecule has 0 aliphatic heterocycles. The van der Waals surface area contributed by atoms with Crippen molar-refractivity contribution in [3.8, 4) is 11.4 Å². The molecule has 0 aromatic carbocycles. The van der Waals surface area contributed by atoms with Crippen LogP contribution in [0.4, 0.5) is 0 Å². The Morgan fingerprint density at radius 1 is 1.19 bits per heavy atom. The van der Waals surface area contributed by atoms with E-state index in [1.165, 1.54) is 18.3 Å². The second kappa shape index (κ2) is 4.06. The smallest absolute Gasteiger partial charge is 0.335 e. The van der Waals surface area contributed by atoms with Gasteiger partial charge in [0.15, 0.2) is 0 Å². The molecule has 2 aromatic rings. The largest absolute Gasteiger partial charge is 0.478 e. The molecule has 0 spiro atoms. The van der Waals surface area contributed by atoms with Gasteiger partial charge in [0.1, 0.15) is 5.82 Å². The highest BCUT2D eigenvalue weighted by atomic mass is 16.4. The average molecular weight is 215 g/mol. The normalized spacial score (nSPS) is 10.1. The van der Waals surface area contributed by atoms with E-state index >= 15 is 0 Å². The third-order valence-corrected chi connectivity index (χ3v) is 2.05. The Morgan fingerprint density at radius 3 is 2.62 bits per heavy atom. The standard InChI is InChI=1S/C11H9N3O2/c1-7-12-5-3-9(14-7)10-6-8(11(15)16)2-4-13-10/h2-6H,1H3,(H,15,16). The number of hydrogen-bond donors (Lipinski definition) is 1. The second-order valence-electron chi connectivity index (χ2n) is 3.22. The first-order valence-electron chi connectivity index (χ1n) is 4.66. The predicted molar refractivity (Wildman–Crippen MR) is 57.0 cm³/mol. The molecular weight excluding hydrogens is 206 g/mol. The van der Waals surface area contributed by atoms with E-state index in [0.717, 1.165) is 0 Å². The van der Waals surface area contributed by atoms with E-state index in [1.807, 2.05) is 0 Å². The summed E-state index contributed by atoms with van der Waals surface area (Å²) in [5.74, 6) is -0.352. The highest BCUT2D eigenvalue weighted by molar-refractivity contribution is 5.88. The van der Waals surface area contributed by atoms with Crippen molar-refractivity contribution in [2.45, 2.75) is 6.92 Å². The van der Waals surface area contributed by atoms with Crippen LogP contribution in [0, 0.1) is 6.92 Å². The van der Waals surface area contributed by atoms with Gasteiger partial charge in [-0.2, -0.15) is 0 Å². The zero-order valence-corrected chi connectivity index (χ0v) is 8.58. The Morgan fingerprint density at radius 2 is 1.94 bits per heavy atom. The van der Waals surface area contributed by atoms with Crippen molar-refractivity contribution in [2.75, 3.05) is 0 Å². The molecule has 5 heteroatoms. The number of carboxylic acid groups (broad SMARTS) is 1. The fourth-order valence-electron chi connectivity index (χ4n) is 1.30. The summed E-state index contributed by atoms with van der Waals surface area (Å²) in [6.45, 7) is 1.77. The minimum Gasteiger partial charge on any atom is -0.478 e. The first-order valence-corrected chi connectivity index (χ1v) is 4.66. The molecule has 0 atom stereocenters. The van der Waals surface area contributed by atoms with Crippen LogP contribution in [0.15, 0.2) is 30.6 Å². The van der Waals surface area contributed by atoms with Gasteiger partial charge in [0.25, 0.3) is 0 Å². The zero-order valence-electron chi connectivity index (χ0n) is 8.58. The number of nitrogens with zero attached hydrogens (tertiary/aromatic N) is 3. The number of pyridine rings is 1. The fourth-order valence-corrected chi connectivity index (χ4v) is 1.30. The van der Waals surface area contributed by atoms with Gasteiger partial charge in [-0.3, -0.25) is 4.98 Å². The van der Waals surface area contributed by atoms with Gasteiger partial charge in [0, 0.05) is 12.4 Å². The van der Waals surface area contributed by atoms with Crippen molar-refractivity contribution in [3.05, 3.63) is 42.0 Å². The average Bonchev–Trinajstić information content (AvgIpc) is 2.29. The summed E-state index contributed by atoms with van der Waals surface area (Å²) >= 11 is 0. The Balaban J connectivity index is 2.48. The van der Waals surface area contributed by atoms with Crippen LogP contribution in [-0.2, 0) is 0 Å². The highest BCUT2D eigenvalue weighted by Crippen LogP contribution is 2.14. The summed E-state index contributed by atoms with van der Waals surface area (Å²) < 4.78 is 0. The third kappa shape index (κ3) is 2.03. The van der Waals surface area contributed by atoms with Gasteiger partial charge in [0.2, 0.25) is 0 Å². The molecule has 0 bridgehead atoms. The number of aromatic carboxylic acids is 1. The van der Waals surface area contributed by atoms with E-state index in [2.05, 4.69) is 15.0 Å². The van der Waals surface area contributed by atoms with E-state index in [-0.39, 0.29) is 5.56 Å². The second-order valence-corrected chi connectivity index (χ2v) is 3.22. The summed E-state index contributed by atoms with van der Waals surface area (Å²) in [4.78, 5) is 23.0. The SMILES string of the molecule is Cc1nccc(-c2cc(C(=O)O)ccn2)n1. The molecule has 0 saturated carbocycles. The lowest BCUT2D eigenvalue weighted by atomic mass is 10.2. The Labute approximate surface area is 91.8 Å². The lowest BCUT2D eigenvalue weighted by molar-refractivity contribution is 0.0697. The van der Waals surface area contributed by atoms with E-state index in [4.69, 9.17) is 5.11 Å². The molecule has 0 unspecified atom stereocenters. The van der Waals surface area contributed by atoms with Crippen molar-refractivity contribution in [1.29, 1.82) is 0 Å². The number of carbonyl (C=O) groups is 1. The lowest BCUT2D eigenvalue weighted by Gasteiger charge is -2.01. The molecule has 2 heterocycles.